The zero-order valence-electron chi connectivity index (χ0n) is 13.3. The van der Waals surface area contributed by atoms with E-state index in [9.17, 15) is 0 Å². The normalized spacial score (nSPS) is 10.4. The molecule has 0 atom stereocenters. The minimum Gasteiger partial charge on any atom is -0.494 e. The highest BCUT2D eigenvalue weighted by Gasteiger charge is 2.02. The van der Waals surface area contributed by atoms with Gasteiger partial charge in [0, 0.05) is 12.2 Å². The van der Waals surface area contributed by atoms with Gasteiger partial charge in [-0.05, 0) is 49.1 Å². The van der Waals surface area contributed by atoms with Crippen molar-refractivity contribution in [3.63, 3.8) is 0 Å². The van der Waals surface area contributed by atoms with Crippen molar-refractivity contribution in [2.24, 2.45) is 0 Å². The Morgan fingerprint density at radius 1 is 1.00 bits per heavy atom. The van der Waals surface area contributed by atoms with Crippen LogP contribution in [0.5, 0.6) is 5.75 Å². The van der Waals surface area contributed by atoms with Gasteiger partial charge in [-0.3, -0.25) is 0 Å². The maximum atomic E-state index is 5.76. The molecule has 1 N–H and O–H groups in total. The molecule has 0 saturated carbocycles. The van der Waals surface area contributed by atoms with Gasteiger partial charge in [0.05, 0.1) is 6.61 Å². The van der Waals surface area contributed by atoms with Crippen LogP contribution >= 0.6 is 0 Å². The van der Waals surface area contributed by atoms with E-state index in [0.717, 1.165) is 31.7 Å². The Kier molecular flexibility index (Phi) is 5.68. The van der Waals surface area contributed by atoms with Crippen molar-refractivity contribution < 1.29 is 4.74 Å². The Labute approximate surface area is 128 Å². The molecule has 0 bridgehead atoms. The van der Waals surface area contributed by atoms with Crippen LogP contribution in [0.2, 0.25) is 0 Å². The van der Waals surface area contributed by atoms with Crippen molar-refractivity contribution in [1.29, 1.82) is 0 Å². The number of benzene rings is 2. The van der Waals surface area contributed by atoms with Crippen molar-refractivity contribution in [2.45, 2.75) is 40.2 Å². The van der Waals surface area contributed by atoms with Crippen molar-refractivity contribution in [3.8, 4) is 5.75 Å². The number of hydrogen-bond donors (Lipinski definition) is 1. The van der Waals surface area contributed by atoms with Gasteiger partial charge >= 0.3 is 0 Å². The van der Waals surface area contributed by atoms with E-state index in [4.69, 9.17) is 4.74 Å². The molecule has 2 aromatic rings. The number of aryl methyl sites for hydroxylation is 2. The first kappa shape index (κ1) is 15.4. The summed E-state index contributed by atoms with van der Waals surface area (Å²) in [6.45, 7) is 8.06. The second-order valence-electron chi connectivity index (χ2n) is 5.47. The molecule has 0 aliphatic heterocycles. The first-order chi connectivity index (χ1) is 10.2. The van der Waals surface area contributed by atoms with Crippen LogP contribution in [0.3, 0.4) is 0 Å². The maximum absolute atomic E-state index is 5.76. The van der Waals surface area contributed by atoms with Crippen molar-refractivity contribution in [3.05, 3.63) is 59.2 Å². The van der Waals surface area contributed by atoms with Gasteiger partial charge in [0.15, 0.2) is 0 Å². The summed E-state index contributed by atoms with van der Waals surface area (Å²) >= 11 is 0. The summed E-state index contributed by atoms with van der Waals surface area (Å²) in [5.74, 6) is 0.962. The van der Waals surface area contributed by atoms with Gasteiger partial charge in [-0.25, -0.2) is 0 Å². The molecule has 0 aromatic heterocycles. The lowest BCUT2D eigenvalue weighted by molar-refractivity contribution is 0.309. The SMILES string of the molecule is CCCCOc1cccc(CNc2c(C)cccc2C)c1. The molecule has 0 aliphatic carbocycles. The monoisotopic (exact) mass is 283 g/mol. The molecular weight excluding hydrogens is 258 g/mol. The lowest BCUT2D eigenvalue weighted by atomic mass is 10.1. The summed E-state index contributed by atoms with van der Waals surface area (Å²) in [5.41, 5.74) is 5.04. The molecule has 21 heavy (non-hydrogen) atoms. The fourth-order valence-electron chi connectivity index (χ4n) is 2.36. The van der Waals surface area contributed by atoms with Crippen LogP contribution in [0.25, 0.3) is 0 Å². The molecule has 0 heterocycles. The molecule has 0 spiro atoms. The third kappa shape index (κ3) is 4.52. The van der Waals surface area contributed by atoms with Crippen LogP contribution in [-0.4, -0.2) is 6.61 Å². The van der Waals surface area contributed by atoms with Crippen LogP contribution in [0.15, 0.2) is 42.5 Å². The largest absolute Gasteiger partial charge is 0.494 e. The quantitative estimate of drug-likeness (QED) is 0.714. The second-order valence-corrected chi connectivity index (χ2v) is 5.47. The topological polar surface area (TPSA) is 21.3 Å². The predicted molar refractivity (Wildman–Crippen MR) is 90.1 cm³/mol. The van der Waals surface area contributed by atoms with Gasteiger partial charge in [0.2, 0.25) is 0 Å². The molecule has 0 radical (unpaired) electrons. The minimum atomic E-state index is 0.796. The zero-order chi connectivity index (χ0) is 15.1. The fraction of sp³-hybridized carbons (Fsp3) is 0.368. The third-order valence-corrected chi connectivity index (χ3v) is 3.62. The molecular formula is C19H25NO. The number of anilines is 1. The lowest BCUT2D eigenvalue weighted by Crippen LogP contribution is -2.03. The van der Waals surface area contributed by atoms with Gasteiger partial charge in [0.1, 0.15) is 5.75 Å². The zero-order valence-corrected chi connectivity index (χ0v) is 13.3. The van der Waals surface area contributed by atoms with Gasteiger partial charge in [-0.15, -0.1) is 0 Å². The van der Waals surface area contributed by atoms with E-state index >= 15 is 0 Å². The van der Waals surface area contributed by atoms with E-state index < -0.39 is 0 Å². The Balaban J connectivity index is 1.98. The van der Waals surface area contributed by atoms with Crippen molar-refractivity contribution in [2.75, 3.05) is 11.9 Å². The number of rotatable bonds is 7. The van der Waals surface area contributed by atoms with Crippen LogP contribution in [0.1, 0.15) is 36.5 Å². The number of ether oxygens (including phenoxy) is 1. The van der Waals surface area contributed by atoms with Gasteiger partial charge < -0.3 is 10.1 Å². The van der Waals surface area contributed by atoms with Gasteiger partial charge in [-0.1, -0.05) is 43.7 Å². The summed E-state index contributed by atoms with van der Waals surface area (Å²) in [7, 11) is 0. The summed E-state index contributed by atoms with van der Waals surface area (Å²) < 4.78 is 5.76. The summed E-state index contributed by atoms with van der Waals surface area (Å²) in [4.78, 5) is 0. The van der Waals surface area contributed by atoms with E-state index in [-0.39, 0.29) is 0 Å². The number of hydrogen-bond acceptors (Lipinski definition) is 2. The fourth-order valence-corrected chi connectivity index (χ4v) is 2.36. The Morgan fingerprint density at radius 3 is 2.43 bits per heavy atom. The molecule has 2 heteroatoms. The molecule has 2 nitrogen and oxygen atoms in total. The maximum Gasteiger partial charge on any atom is 0.119 e. The van der Waals surface area contributed by atoms with Crippen molar-refractivity contribution >= 4 is 5.69 Å². The molecule has 2 rings (SSSR count). The number of para-hydroxylation sites is 1. The Hall–Kier alpha value is -1.96. The second kappa shape index (κ2) is 7.72. The van der Waals surface area contributed by atoms with E-state index in [0.29, 0.717) is 0 Å². The number of unbranched alkanes of at least 4 members (excludes halogenated alkanes) is 1. The molecule has 0 amide bonds. The van der Waals surface area contributed by atoms with Crippen LogP contribution in [0.4, 0.5) is 5.69 Å². The van der Waals surface area contributed by atoms with Gasteiger partial charge in [0.25, 0.3) is 0 Å². The van der Waals surface area contributed by atoms with Crippen LogP contribution in [0, 0.1) is 13.8 Å². The molecule has 0 saturated heterocycles. The van der Waals surface area contributed by atoms with Crippen LogP contribution < -0.4 is 10.1 Å². The standard InChI is InChI=1S/C19H25NO/c1-4-5-12-21-18-11-7-10-17(13-18)14-20-19-15(2)8-6-9-16(19)3/h6-11,13,20H,4-5,12,14H2,1-3H3. The number of nitrogens with one attached hydrogen (secondary N) is 1. The Bertz CT molecular complexity index is 557. The summed E-state index contributed by atoms with van der Waals surface area (Å²) in [6, 6.07) is 14.7. The van der Waals surface area contributed by atoms with E-state index in [1.807, 2.05) is 6.07 Å². The predicted octanol–water partition coefficient (Wildman–Crippen LogP) is 5.09. The molecule has 0 fully saturated rings. The summed E-state index contributed by atoms with van der Waals surface area (Å²) in [6.07, 6.45) is 2.26. The highest BCUT2D eigenvalue weighted by Crippen LogP contribution is 2.21. The van der Waals surface area contributed by atoms with E-state index in [1.54, 1.807) is 0 Å². The smallest absolute Gasteiger partial charge is 0.119 e. The molecule has 0 unspecified atom stereocenters. The Morgan fingerprint density at radius 2 is 1.71 bits per heavy atom. The molecule has 0 aliphatic rings. The minimum absolute atomic E-state index is 0.796. The summed E-state index contributed by atoms with van der Waals surface area (Å²) in [5, 5.41) is 3.54. The first-order valence-corrected chi connectivity index (χ1v) is 7.72. The highest BCUT2D eigenvalue weighted by molar-refractivity contribution is 5.56. The van der Waals surface area contributed by atoms with Crippen molar-refractivity contribution in [1.82, 2.24) is 0 Å². The average Bonchev–Trinajstić information content (AvgIpc) is 2.47. The average molecular weight is 283 g/mol. The van der Waals surface area contributed by atoms with Crippen LogP contribution in [-0.2, 0) is 6.54 Å². The van der Waals surface area contributed by atoms with Gasteiger partial charge in [-0.2, -0.15) is 0 Å². The van der Waals surface area contributed by atoms with E-state index in [2.05, 4.69) is 62.5 Å². The first-order valence-electron chi connectivity index (χ1n) is 7.72. The molecule has 112 valence electrons. The molecule has 2 aromatic carbocycles. The lowest BCUT2D eigenvalue weighted by Gasteiger charge is -2.13. The highest BCUT2D eigenvalue weighted by atomic mass is 16.5. The van der Waals surface area contributed by atoms with E-state index in [1.165, 1.54) is 22.4 Å². The third-order valence-electron chi connectivity index (χ3n) is 3.62.